The van der Waals surface area contributed by atoms with Crippen LogP contribution in [0.4, 0.5) is 13.2 Å². The minimum absolute atomic E-state index is 0.145. The average Bonchev–Trinajstić information content (AvgIpc) is 1.58. The van der Waals surface area contributed by atoms with Gasteiger partial charge in [-0.25, -0.2) is 37.5 Å². The smallest absolute Gasteiger partial charge is 0.237 e. The molecule has 25 nitrogen and oxygen atoms in total. The van der Waals surface area contributed by atoms with E-state index in [9.17, 15) is 24.3 Å². The van der Waals surface area contributed by atoms with Crippen LogP contribution in [0, 0.1) is 40.1 Å². The fourth-order valence-corrected chi connectivity index (χ4v) is 20.2. The van der Waals surface area contributed by atoms with E-state index in [2.05, 4.69) is 141 Å². The van der Waals surface area contributed by atoms with Crippen molar-refractivity contribution in [3.8, 4) is 97.3 Å². The summed E-state index contributed by atoms with van der Waals surface area (Å²) in [5, 5.41) is 48.0. The number of benzene rings is 8. The molecule has 0 fully saturated rings. The average molecular weight is 1920 g/mol. The Hall–Kier alpha value is -12.4. The highest BCUT2D eigenvalue weighted by molar-refractivity contribution is 6.77. The van der Waals surface area contributed by atoms with Gasteiger partial charge in [0.05, 0.1) is 83.3 Å². The van der Waals surface area contributed by atoms with Gasteiger partial charge in [-0.05, 0) is 197 Å². The Morgan fingerprint density at radius 1 is 0.460 bits per heavy atom. The molecule has 0 atom stereocenters. The van der Waals surface area contributed by atoms with Gasteiger partial charge in [0.25, 0.3) is 0 Å². The van der Waals surface area contributed by atoms with Crippen LogP contribution in [0.3, 0.4) is 0 Å². The van der Waals surface area contributed by atoms with Crippen LogP contribution < -0.4 is 9.47 Å². The number of carbonyl (C=O) groups is 2. The molecule has 8 heterocycles. The Kier molecular flexibility index (Phi) is 31.2. The lowest BCUT2D eigenvalue weighted by Crippen LogP contribution is -2.26. The lowest BCUT2D eigenvalue weighted by molar-refractivity contribution is -0.131. The van der Waals surface area contributed by atoms with Crippen molar-refractivity contribution in [3.63, 3.8) is 0 Å². The van der Waals surface area contributed by atoms with Crippen molar-refractivity contribution >= 4 is 76.8 Å². The van der Waals surface area contributed by atoms with Gasteiger partial charge in [0.2, 0.25) is 11.8 Å². The monoisotopic (exact) mass is 1920 g/mol. The molecule has 2 aliphatic heterocycles. The van der Waals surface area contributed by atoms with Gasteiger partial charge < -0.3 is 57.4 Å². The van der Waals surface area contributed by atoms with Gasteiger partial charge in [-0.1, -0.05) is 178 Å². The first-order chi connectivity index (χ1) is 65.6. The van der Waals surface area contributed by atoms with Gasteiger partial charge in [0.15, 0.2) is 52.2 Å². The number of imidazole rings is 3. The first-order valence-electron chi connectivity index (χ1n) is 47.5. The number of ether oxygens (including phenoxy) is 6. The number of hydrogen-bond acceptors (Lipinski definition) is 17. The van der Waals surface area contributed by atoms with E-state index in [0.717, 1.165) is 190 Å². The minimum atomic E-state index is -1.33. The number of aromatic amines is 2. The van der Waals surface area contributed by atoms with Crippen LogP contribution in [-0.2, 0) is 127 Å². The van der Waals surface area contributed by atoms with Gasteiger partial charge in [-0.15, -0.1) is 0 Å². The highest BCUT2D eigenvalue weighted by Crippen LogP contribution is 2.43. The highest BCUT2D eigenvalue weighted by Gasteiger charge is 2.35. The number of fused-ring (bicyclic) bond motifs is 6. The molecule has 716 valence electrons. The molecule has 0 saturated heterocycles. The number of phenolic OH excluding ortho intramolecular Hbond substituents is 1. The summed E-state index contributed by atoms with van der Waals surface area (Å²) in [6.07, 6.45) is 4.85. The molecule has 0 spiro atoms. The molecule has 1 aliphatic carbocycles. The number of H-pyrrole nitrogens is 2. The fraction of sp³-hybridized carbons (Fsp3) is 0.390. The Labute approximate surface area is 803 Å². The quantitative estimate of drug-likeness (QED) is 0.0241. The molecule has 6 aromatic heterocycles. The van der Waals surface area contributed by atoms with E-state index in [4.69, 9.17) is 53.8 Å². The summed E-state index contributed by atoms with van der Waals surface area (Å²) >= 11 is 0. The minimum Gasteiger partial charge on any atom is -0.505 e. The van der Waals surface area contributed by atoms with E-state index in [0.29, 0.717) is 102 Å². The molecule has 0 bridgehead atoms. The number of amides is 2. The molecule has 0 saturated carbocycles. The second-order valence-electron chi connectivity index (χ2n) is 40.4. The van der Waals surface area contributed by atoms with Gasteiger partial charge in [0.1, 0.15) is 70.1 Å². The maximum atomic E-state index is 15.7. The Morgan fingerprint density at radius 3 is 1.36 bits per heavy atom. The molecule has 8 aromatic carbocycles. The number of nitrogens with zero attached hydrogens (tertiary/aromatic N) is 14. The van der Waals surface area contributed by atoms with Crippen molar-refractivity contribution in [3.05, 3.63) is 231 Å². The Morgan fingerprint density at radius 2 is 0.891 bits per heavy atom. The number of nitrogens with one attached hydrogen (secondary N) is 2. The largest absolute Gasteiger partial charge is 0.505 e. The third kappa shape index (κ3) is 24.1. The van der Waals surface area contributed by atoms with Gasteiger partial charge in [0, 0.05) is 80.6 Å². The lowest BCUT2D eigenvalue weighted by atomic mass is 9.96. The van der Waals surface area contributed by atoms with Crippen molar-refractivity contribution < 1.29 is 56.3 Å². The molecule has 3 N–H and O–H groups in total. The fourth-order valence-electron chi connectivity index (χ4n) is 17.2. The lowest BCUT2D eigenvalue weighted by Gasteiger charge is -2.18. The Balaban J connectivity index is 0.000000161. The number of carbonyl (C=O) groups excluding carboxylic acids is 2. The summed E-state index contributed by atoms with van der Waals surface area (Å²) in [6, 6.07) is 55.4. The van der Waals surface area contributed by atoms with Gasteiger partial charge in [-0.3, -0.25) is 14.7 Å². The number of hydrogen-bond donors (Lipinski definition) is 3. The van der Waals surface area contributed by atoms with E-state index in [1.165, 1.54) is 17.8 Å². The standard InChI is InChI=1S/C42H53FN6O4Si2.C40H53FN4O3Si2.C23H19FN6O2/c1-8-31-23-39(53-27-30-12-10-9-11-13-30)35(43)24-34(31)32-14-15-33-37(22-32)49(29-52-19-21-55(5,6)7)46-41(33)42-45-36-25-47(40(50)16-17-44)26-38(36)48(42)28-51-18-20-54(2,3)4;1-8-30-24-38(48-26-29-13-10-9-11-14-29)34(41)25-33(30)31-17-18-32-37(23-31)45(28-47-20-22-50(5,6)7)43-39(32)40-42-35-15-12-16-36(35)44(40)27-46-19-21-49(2,3)4;1-2-12-8-20(31)16(24)9-15(12)13-3-4-14-17(7-13)28-29-22(14)23-26-18-10-30(11-19(18)27-23)21(32)5-6-25/h9-15,22-24H,8,16,18-21,25-29H2,1-7H3;9-11,13-14,17-18,23-25H,8,12,15-16,19-22,26-28H2,1-7H3;3-4,7-9,31H,2,5,10-11H2,1H3,(H,26,27)(H,28,29). The van der Waals surface area contributed by atoms with Crippen LogP contribution in [0.5, 0.6) is 17.2 Å². The normalized spacial score (nSPS) is 13.1. The molecular weight excluding hydrogens is 1800 g/mol. The van der Waals surface area contributed by atoms with Crippen LogP contribution in [0.25, 0.3) is 101 Å². The number of nitriles is 2. The number of rotatable bonds is 37. The van der Waals surface area contributed by atoms with E-state index < -0.39 is 43.9 Å². The number of aryl methyl sites for hydroxylation is 4. The van der Waals surface area contributed by atoms with Crippen LogP contribution in [-0.4, -0.2) is 144 Å². The summed E-state index contributed by atoms with van der Waals surface area (Å²) < 4.78 is 90.4. The molecule has 17 rings (SSSR count). The Bertz CT molecular complexity index is 6760. The summed E-state index contributed by atoms with van der Waals surface area (Å²) in [6.45, 7) is 40.3. The molecular formula is C105H125F3N16O9Si4. The number of aromatic nitrogens is 12. The molecule has 32 heteroatoms. The zero-order chi connectivity index (χ0) is 97.2. The van der Waals surface area contributed by atoms with Gasteiger partial charge >= 0.3 is 0 Å². The predicted octanol–water partition coefficient (Wildman–Crippen LogP) is 23.0. The number of halogens is 3. The molecule has 3 aliphatic rings. The molecule has 0 radical (unpaired) electrons. The van der Waals surface area contributed by atoms with Crippen LogP contribution in [0.1, 0.15) is 102 Å². The van der Waals surface area contributed by atoms with E-state index in [1.54, 1.807) is 21.9 Å². The molecule has 2 amide bonds. The van der Waals surface area contributed by atoms with Crippen molar-refractivity contribution in [1.82, 2.24) is 68.6 Å². The third-order valence-corrected chi connectivity index (χ3v) is 32.0. The van der Waals surface area contributed by atoms with Crippen molar-refractivity contribution in [2.75, 3.05) is 26.4 Å². The zero-order valence-electron chi connectivity index (χ0n) is 81.4. The topological polar surface area (TPSA) is 292 Å². The van der Waals surface area contributed by atoms with E-state index >= 15 is 8.78 Å². The third-order valence-electron chi connectivity index (χ3n) is 25.1. The maximum absolute atomic E-state index is 15.7. The van der Waals surface area contributed by atoms with E-state index in [-0.39, 0.29) is 67.8 Å². The highest BCUT2D eigenvalue weighted by atomic mass is 28.3. The second-order valence-corrected chi connectivity index (χ2v) is 62.9. The summed E-state index contributed by atoms with van der Waals surface area (Å²) in [5.41, 5.74) is 20.2. The number of aromatic hydroxyl groups is 1. The maximum Gasteiger partial charge on any atom is 0.237 e. The number of phenols is 1. The van der Waals surface area contributed by atoms with Crippen LogP contribution in [0.2, 0.25) is 103 Å². The molecule has 0 unspecified atom stereocenters. The molecule has 137 heavy (non-hydrogen) atoms. The first kappa shape index (κ1) is 99.1. The summed E-state index contributed by atoms with van der Waals surface area (Å²) in [4.78, 5) is 46.0. The SMILES string of the molecule is CCc1cc(O)c(F)cc1-c1ccc2c(-c3nc4c([nH]3)CN(C(=O)CC#N)C4)n[nH]c2c1.CCc1cc(OCc2ccccc2)c(F)cc1-c1ccc2c(-c3nc4c(n3COCC[Si](C)(C)C)CCC4)nn(COCC[Si](C)(C)C)c2c1.CCc1cc(OCc2ccccc2)c(F)cc1-c1ccc2c(-c3nc4c(n3COCC[Si](C)(C)C)CN(C(=O)CC#N)C4)nn(COCC[Si](C)(C)C)c2c1. The summed E-state index contributed by atoms with van der Waals surface area (Å²) in [7, 11) is -5.12. The van der Waals surface area contributed by atoms with Crippen LogP contribution in [0.15, 0.2) is 152 Å². The van der Waals surface area contributed by atoms with Crippen LogP contribution >= 0.6 is 0 Å². The second kappa shape index (κ2) is 43.1. The van der Waals surface area contributed by atoms with Crippen molar-refractivity contribution in [1.29, 1.82) is 10.5 Å². The van der Waals surface area contributed by atoms with Crippen molar-refractivity contribution in [2.45, 2.75) is 241 Å². The molecule has 14 aromatic rings. The zero-order valence-corrected chi connectivity index (χ0v) is 85.4. The van der Waals surface area contributed by atoms with Crippen molar-refractivity contribution in [2.24, 2.45) is 0 Å². The van der Waals surface area contributed by atoms with Gasteiger partial charge in [-0.2, -0.15) is 25.8 Å². The first-order valence-corrected chi connectivity index (χ1v) is 62.3. The van der Waals surface area contributed by atoms with E-state index in [1.807, 2.05) is 136 Å². The summed E-state index contributed by atoms with van der Waals surface area (Å²) in [5.74, 6) is 0.378. The predicted molar refractivity (Wildman–Crippen MR) is 541 cm³/mol.